The van der Waals surface area contributed by atoms with Crippen LogP contribution < -0.4 is 14.8 Å². The highest BCUT2D eigenvalue weighted by molar-refractivity contribution is 5.88. The zero-order valence-corrected chi connectivity index (χ0v) is 16.2. The summed E-state index contributed by atoms with van der Waals surface area (Å²) in [6, 6.07) is 19.6. The van der Waals surface area contributed by atoms with E-state index < -0.39 is 0 Å². The van der Waals surface area contributed by atoms with Gasteiger partial charge in [-0.1, -0.05) is 42.5 Å². The van der Waals surface area contributed by atoms with Crippen molar-refractivity contribution in [2.45, 2.75) is 25.8 Å². The summed E-state index contributed by atoms with van der Waals surface area (Å²) in [4.78, 5) is 12.8. The van der Waals surface area contributed by atoms with E-state index in [9.17, 15) is 4.79 Å². The summed E-state index contributed by atoms with van der Waals surface area (Å²) in [5.41, 5.74) is 1.95. The van der Waals surface area contributed by atoms with Gasteiger partial charge in [0.15, 0.2) is 0 Å². The lowest BCUT2D eigenvalue weighted by Crippen LogP contribution is -2.30. The average molecular weight is 363 g/mol. The molecule has 0 saturated heterocycles. The van der Waals surface area contributed by atoms with Crippen LogP contribution in [0.25, 0.3) is 10.8 Å². The van der Waals surface area contributed by atoms with Crippen molar-refractivity contribution in [3.63, 3.8) is 0 Å². The fourth-order valence-corrected chi connectivity index (χ4v) is 3.23. The third-order valence-corrected chi connectivity index (χ3v) is 4.93. The van der Waals surface area contributed by atoms with E-state index in [1.807, 2.05) is 68.4 Å². The van der Waals surface area contributed by atoms with Crippen molar-refractivity contribution >= 4 is 16.7 Å². The molecular weight excluding hydrogens is 338 g/mol. The first kappa shape index (κ1) is 18.8. The van der Waals surface area contributed by atoms with Crippen LogP contribution >= 0.6 is 0 Å². The number of fused-ring (bicyclic) bond motifs is 1. The van der Waals surface area contributed by atoms with Gasteiger partial charge in [-0.05, 0) is 48.4 Å². The van der Waals surface area contributed by atoms with Crippen molar-refractivity contribution in [1.82, 2.24) is 5.32 Å². The zero-order chi connectivity index (χ0) is 19.4. The molecule has 0 fully saturated rings. The van der Waals surface area contributed by atoms with Crippen LogP contribution in [0, 0.1) is 0 Å². The lowest BCUT2D eigenvalue weighted by molar-refractivity contribution is -0.122. The highest BCUT2D eigenvalue weighted by atomic mass is 16.5. The molecule has 1 N–H and O–H groups in total. The second kappa shape index (κ2) is 8.12. The number of carbonyl (C=O) groups excluding carboxylic acids is 1. The smallest absolute Gasteiger partial charge is 0.227 e. The maximum atomic E-state index is 12.8. The minimum absolute atomic E-state index is 0.0127. The molecule has 0 radical (unpaired) electrons. The van der Waals surface area contributed by atoms with Crippen molar-refractivity contribution in [2.24, 2.45) is 0 Å². The standard InChI is InChI=1S/C23H25NO3/c1-15(17-9-10-19-14-20(26-3)12-11-18(19)13-17)23(25)24-16(2)21-7-5-6-8-22(21)27-4/h5-16H,1-4H3,(H,24,25). The van der Waals surface area contributed by atoms with Crippen molar-refractivity contribution in [1.29, 1.82) is 0 Å². The molecule has 0 aliphatic heterocycles. The normalized spacial score (nSPS) is 13.0. The molecule has 27 heavy (non-hydrogen) atoms. The molecule has 0 aliphatic carbocycles. The molecule has 3 aromatic carbocycles. The molecular formula is C23H25NO3. The van der Waals surface area contributed by atoms with Gasteiger partial charge in [0.1, 0.15) is 11.5 Å². The van der Waals surface area contributed by atoms with Gasteiger partial charge in [0, 0.05) is 5.56 Å². The van der Waals surface area contributed by atoms with E-state index >= 15 is 0 Å². The van der Waals surface area contributed by atoms with Crippen LogP contribution in [0.4, 0.5) is 0 Å². The highest BCUT2D eigenvalue weighted by Gasteiger charge is 2.19. The second-order valence-electron chi connectivity index (χ2n) is 6.67. The number of para-hydroxylation sites is 1. The minimum Gasteiger partial charge on any atom is -0.497 e. The predicted octanol–water partition coefficient (Wildman–Crippen LogP) is 4.84. The molecule has 0 aromatic heterocycles. The summed E-state index contributed by atoms with van der Waals surface area (Å²) >= 11 is 0. The molecule has 0 aliphatic rings. The van der Waals surface area contributed by atoms with Crippen molar-refractivity contribution < 1.29 is 14.3 Å². The van der Waals surface area contributed by atoms with Crippen LogP contribution in [0.1, 0.15) is 36.9 Å². The van der Waals surface area contributed by atoms with Gasteiger partial charge >= 0.3 is 0 Å². The highest BCUT2D eigenvalue weighted by Crippen LogP contribution is 2.27. The van der Waals surface area contributed by atoms with Crippen molar-refractivity contribution in [2.75, 3.05) is 14.2 Å². The summed E-state index contributed by atoms with van der Waals surface area (Å²) in [6.45, 7) is 3.89. The third-order valence-electron chi connectivity index (χ3n) is 4.93. The van der Waals surface area contributed by atoms with Crippen LogP contribution in [-0.2, 0) is 4.79 Å². The van der Waals surface area contributed by atoms with Crippen molar-refractivity contribution in [3.05, 3.63) is 71.8 Å². The number of hydrogen-bond acceptors (Lipinski definition) is 3. The summed E-state index contributed by atoms with van der Waals surface area (Å²) in [7, 11) is 3.30. The van der Waals surface area contributed by atoms with Crippen LogP contribution in [0.5, 0.6) is 11.5 Å². The van der Waals surface area contributed by atoms with Crippen LogP contribution in [0.2, 0.25) is 0 Å². The molecule has 4 heteroatoms. The van der Waals surface area contributed by atoms with Gasteiger partial charge in [0.05, 0.1) is 26.2 Å². The van der Waals surface area contributed by atoms with Crippen LogP contribution in [0.3, 0.4) is 0 Å². The number of amides is 1. The fourth-order valence-electron chi connectivity index (χ4n) is 3.23. The molecule has 0 spiro atoms. The van der Waals surface area contributed by atoms with E-state index in [4.69, 9.17) is 9.47 Å². The topological polar surface area (TPSA) is 47.6 Å². The maximum Gasteiger partial charge on any atom is 0.227 e. The molecule has 0 bridgehead atoms. The Bertz CT molecular complexity index is 951. The van der Waals surface area contributed by atoms with E-state index in [1.165, 1.54) is 0 Å². The van der Waals surface area contributed by atoms with E-state index in [-0.39, 0.29) is 17.9 Å². The molecule has 0 saturated carbocycles. The number of carbonyl (C=O) groups is 1. The Balaban J connectivity index is 1.77. The molecule has 140 valence electrons. The van der Waals surface area contributed by atoms with E-state index in [1.54, 1.807) is 14.2 Å². The van der Waals surface area contributed by atoms with Gasteiger partial charge in [-0.2, -0.15) is 0 Å². The predicted molar refractivity (Wildman–Crippen MR) is 108 cm³/mol. The Morgan fingerprint density at radius 1 is 0.889 bits per heavy atom. The molecule has 0 heterocycles. The van der Waals surface area contributed by atoms with Gasteiger partial charge in [0.25, 0.3) is 0 Å². The Morgan fingerprint density at radius 3 is 2.33 bits per heavy atom. The number of hydrogen-bond donors (Lipinski definition) is 1. The summed E-state index contributed by atoms with van der Waals surface area (Å²) in [6.07, 6.45) is 0. The minimum atomic E-state index is -0.256. The number of nitrogens with one attached hydrogen (secondary N) is 1. The molecule has 3 rings (SSSR count). The van der Waals surface area contributed by atoms with E-state index in [0.29, 0.717) is 0 Å². The Kier molecular flexibility index (Phi) is 5.65. The van der Waals surface area contributed by atoms with Crippen LogP contribution in [-0.4, -0.2) is 20.1 Å². The first-order valence-electron chi connectivity index (χ1n) is 9.04. The molecule has 2 atom stereocenters. The largest absolute Gasteiger partial charge is 0.497 e. The molecule has 3 aromatic rings. The van der Waals surface area contributed by atoms with Crippen LogP contribution in [0.15, 0.2) is 60.7 Å². The maximum absolute atomic E-state index is 12.8. The number of ether oxygens (including phenoxy) is 2. The summed E-state index contributed by atoms with van der Waals surface area (Å²) in [5, 5.41) is 5.28. The first-order valence-corrected chi connectivity index (χ1v) is 9.04. The quantitative estimate of drug-likeness (QED) is 0.682. The third kappa shape index (κ3) is 4.05. The summed E-state index contributed by atoms with van der Waals surface area (Å²) in [5.74, 6) is 1.33. The second-order valence-corrected chi connectivity index (χ2v) is 6.67. The van der Waals surface area contributed by atoms with Gasteiger partial charge < -0.3 is 14.8 Å². The molecule has 4 nitrogen and oxygen atoms in total. The molecule has 1 amide bonds. The van der Waals surface area contributed by atoms with E-state index in [2.05, 4.69) is 11.4 Å². The Hall–Kier alpha value is -3.01. The number of rotatable bonds is 6. The average Bonchev–Trinajstić information content (AvgIpc) is 2.72. The van der Waals surface area contributed by atoms with Crippen molar-refractivity contribution in [3.8, 4) is 11.5 Å². The molecule has 2 unspecified atom stereocenters. The van der Waals surface area contributed by atoms with Gasteiger partial charge in [-0.25, -0.2) is 0 Å². The zero-order valence-electron chi connectivity index (χ0n) is 16.2. The Labute approximate surface area is 160 Å². The SMILES string of the molecule is COc1ccc2cc(C(C)C(=O)NC(C)c3ccccc3OC)ccc2c1. The van der Waals surface area contributed by atoms with Gasteiger partial charge in [0.2, 0.25) is 5.91 Å². The van der Waals surface area contributed by atoms with Gasteiger partial charge in [-0.3, -0.25) is 4.79 Å². The summed E-state index contributed by atoms with van der Waals surface area (Å²) < 4.78 is 10.7. The first-order chi connectivity index (χ1) is 13.0. The van der Waals surface area contributed by atoms with Gasteiger partial charge in [-0.15, -0.1) is 0 Å². The van der Waals surface area contributed by atoms with E-state index in [0.717, 1.165) is 33.4 Å². The monoisotopic (exact) mass is 363 g/mol. The lowest BCUT2D eigenvalue weighted by Gasteiger charge is -2.20. The lowest BCUT2D eigenvalue weighted by atomic mass is 9.96. The Morgan fingerprint density at radius 2 is 1.59 bits per heavy atom. The fraction of sp³-hybridized carbons (Fsp3) is 0.261. The number of methoxy groups -OCH3 is 2. The number of benzene rings is 3.